The first-order valence-corrected chi connectivity index (χ1v) is 9.00. The van der Waals surface area contributed by atoms with Crippen molar-refractivity contribution < 1.29 is 8.85 Å². The van der Waals surface area contributed by atoms with Gasteiger partial charge in [-0.15, -0.1) is 11.8 Å². The molecule has 2 atom stereocenters. The van der Waals surface area contributed by atoms with Crippen molar-refractivity contribution in [3.05, 3.63) is 0 Å². The Morgan fingerprint density at radius 3 is 1.47 bits per heavy atom. The van der Waals surface area contributed by atoms with Gasteiger partial charge in [0, 0.05) is 0 Å². The van der Waals surface area contributed by atoms with Gasteiger partial charge in [-0.3, -0.25) is 0 Å². The van der Waals surface area contributed by atoms with Crippen LogP contribution in [0.25, 0.3) is 0 Å². The third-order valence-electron chi connectivity index (χ3n) is 2.20. The predicted molar refractivity (Wildman–Crippen MR) is 74.7 cm³/mol. The molecular formula is C14H24O2Si. The standard InChI is InChI=1S/C14H24O2Si/c1-7-11-13(9-3)15-17(5,6)16-14(10-4)12-8-2/h13-14H,9-10H2,1-6H3. The smallest absolute Gasteiger partial charge is 0.333 e. The zero-order valence-electron chi connectivity index (χ0n) is 11.9. The molecule has 0 radical (unpaired) electrons. The minimum Gasteiger partial charge on any atom is -0.380 e. The van der Waals surface area contributed by atoms with Crippen LogP contribution in [-0.4, -0.2) is 20.8 Å². The first-order chi connectivity index (χ1) is 7.99. The van der Waals surface area contributed by atoms with Crippen LogP contribution in [0.2, 0.25) is 13.1 Å². The molecule has 0 fully saturated rings. The molecule has 3 heteroatoms. The summed E-state index contributed by atoms with van der Waals surface area (Å²) in [5.41, 5.74) is 0. The summed E-state index contributed by atoms with van der Waals surface area (Å²) >= 11 is 0. The summed E-state index contributed by atoms with van der Waals surface area (Å²) in [6, 6.07) is 0. The lowest BCUT2D eigenvalue weighted by molar-refractivity contribution is 0.126. The minimum atomic E-state index is -2.15. The van der Waals surface area contributed by atoms with E-state index in [0.29, 0.717) is 0 Å². The topological polar surface area (TPSA) is 18.5 Å². The summed E-state index contributed by atoms with van der Waals surface area (Å²) in [5, 5.41) is 0. The van der Waals surface area contributed by atoms with Gasteiger partial charge < -0.3 is 8.85 Å². The molecule has 0 heterocycles. The molecule has 0 saturated heterocycles. The highest BCUT2D eigenvalue weighted by Crippen LogP contribution is 2.15. The van der Waals surface area contributed by atoms with Crippen LogP contribution >= 0.6 is 0 Å². The van der Waals surface area contributed by atoms with Crippen LogP contribution in [0.3, 0.4) is 0 Å². The number of rotatable bonds is 6. The normalized spacial score (nSPS) is 14.0. The molecule has 17 heavy (non-hydrogen) atoms. The Labute approximate surface area is 107 Å². The maximum Gasteiger partial charge on any atom is 0.333 e. The molecule has 2 unspecified atom stereocenters. The second kappa shape index (κ2) is 8.36. The summed E-state index contributed by atoms with van der Waals surface area (Å²) in [6.45, 7) is 11.9. The molecule has 0 aliphatic carbocycles. The van der Waals surface area contributed by atoms with Gasteiger partial charge in [-0.1, -0.05) is 25.7 Å². The highest BCUT2D eigenvalue weighted by molar-refractivity contribution is 6.64. The van der Waals surface area contributed by atoms with Crippen molar-refractivity contribution in [1.29, 1.82) is 0 Å². The highest BCUT2D eigenvalue weighted by Gasteiger charge is 2.30. The summed E-state index contributed by atoms with van der Waals surface area (Å²) in [5.74, 6) is 11.9. The van der Waals surface area contributed by atoms with Crippen molar-refractivity contribution >= 4 is 8.56 Å². The monoisotopic (exact) mass is 252 g/mol. The molecule has 0 aromatic rings. The van der Waals surface area contributed by atoms with Gasteiger partial charge in [0.2, 0.25) is 0 Å². The van der Waals surface area contributed by atoms with Crippen molar-refractivity contribution in [2.45, 2.75) is 65.8 Å². The molecule has 0 bridgehead atoms. The van der Waals surface area contributed by atoms with E-state index in [2.05, 4.69) is 37.5 Å². The van der Waals surface area contributed by atoms with Crippen LogP contribution in [0.4, 0.5) is 0 Å². The van der Waals surface area contributed by atoms with Crippen LogP contribution in [0.1, 0.15) is 40.5 Å². The molecule has 96 valence electrons. The molecule has 0 aromatic heterocycles. The second-order valence-electron chi connectivity index (χ2n) is 4.22. The third kappa shape index (κ3) is 7.23. The molecule has 0 amide bonds. The van der Waals surface area contributed by atoms with E-state index >= 15 is 0 Å². The van der Waals surface area contributed by atoms with Crippen LogP contribution < -0.4 is 0 Å². The number of hydrogen-bond donors (Lipinski definition) is 0. The summed E-state index contributed by atoms with van der Waals surface area (Å²) in [4.78, 5) is 0. The van der Waals surface area contributed by atoms with Crippen LogP contribution in [0.15, 0.2) is 0 Å². The van der Waals surface area contributed by atoms with Crippen LogP contribution in [0, 0.1) is 23.7 Å². The van der Waals surface area contributed by atoms with Gasteiger partial charge in [0.15, 0.2) is 0 Å². The molecule has 0 aliphatic rings. The maximum atomic E-state index is 5.98. The zero-order chi connectivity index (χ0) is 13.3. The first kappa shape index (κ1) is 16.3. The largest absolute Gasteiger partial charge is 0.380 e. The van der Waals surface area contributed by atoms with E-state index in [4.69, 9.17) is 8.85 Å². The summed E-state index contributed by atoms with van der Waals surface area (Å²) < 4.78 is 12.0. The second-order valence-corrected chi connectivity index (χ2v) is 7.49. The summed E-state index contributed by atoms with van der Waals surface area (Å²) in [6.07, 6.45) is 1.73. The molecule has 2 nitrogen and oxygen atoms in total. The Hall–Kier alpha value is -0.743. The van der Waals surface area contributed by atoms with E-state index in [1.54, 1.807) is 0 Å². The van der Waals surface area contributed by atoms with E-state index < -0.39 is 8.56 Å². The highest BCUT2D eigenvalue weighted by atomic mass is 28.4. The zero-order valence-corrected chi connectivity index (χ0v) is 12.9. The molecule has 0 N–H and O–H groups in total. The Morgan fingerprint density at radius 1 is 0.882 bits per heavy atom. The van der Waals surface area contributed by atoms with Crippen molar-refractivity contribution in [2.24, 2.45) is 0 Å². The van der Waals surface area contributed by atoms with Gasteiger partial charge in [-0.05, 0) is 39.8 Å². The predicted octanol–water partition coefficient (Wildman–Crippen LogP) is 3.33. The first-order valence-electron chi connectivity index (χ1n) is 6.19. The molecular weight excluding hydrogens is 228 g/mol. The fourth-order valence-corrected chi connectivity index (χ4v) is 3.34. The van der Waals surface area contributed by atoms with Gasteiger partial charge in [0.1, 0.15) is 12.2 Å². The van der Waals surface area contributed by atoms with Crippen LogP contribution in [-0.2, 0) is 8.85 Å². The Bertz CT molecular complexity index is 296. The van der Waals surface area contributed by atoms with Gasteiger partial charge in [0.25, 0.3) is 0 Å². The molecule has 0 aromatic carbocycles. The van der Waals surface area contributed by atoms with Crippen molar-refractivity contribution in [3.63, 3.8) is 0 Å². The molecule has 0 saturated carbocycles. The lowest BCUT2D eigenvalue weighted by Gasteiger charge is -2.28. The molecule has 0 aliphatic heterocycles. The minimum absolute atomic E-state index is 0.0197. The lowest BCUT2D eigenvalue weighted by Crippen LogP contribution is -2.41. The van der Waals surface area contributed by atoms with E-state index in [0.717, 1.165) is 12.8 Å². The van der Waals surface area contributed by atoms with Crippen LogP contribution in [0.5, 0.6) is 0 Å². The van der Waals surface area contributed by atoms with E-state index in [-0.39, 0.29) is 12.2 Å². The van der Waals surface area contributed by atoms with Gasteiger partial charge in [-0.2, -0.15) is 0 Å². The Balaban J connectivity index is 4.51. The SMILES string of the molecule is CC#CC(CC)O[Si](C)(C)OC(C#CC)CC. The lowest BCUT2D eigenvalue weighted by atomic mass is 10.3. The van der Waals surface area contributed by atoms with E-state index in [9.17, 15) is 0 Å². The van der Waals surface area contributed by atoms with Crippen molar-refractivity contribution in [1.82, 2.24) is 0 Å². The van der Waals surface area contributed by atoms with Crippen molar-refractivity contribution in [3.8, 4) is 23.7 Å². The van der Waals surface area contributed by atoms with E-state index in [1.165, 1.54) is 0 Å². The van der Waals surface area contributed by atoms with Gasteiger partial charge in [0.05, 0.1) is 0 Å². The molecule has 0 rings (SSSR count). The number of hydrogen-bond acceptors (Lipinski definition) is 2. The van der Waals surface area contributed by atoms with Crippen molar-refractivity contribution in [2.75, 3.05) is 0 Å². The Morgan fingerprint density at radius 2 is 1.24 bits per heavy atom. The molecule has 0 spiro atoms. The Kier molecular flexibility index (Phi) is 8.00. The van der Waals surface area contributed by atoms with Gasteiger partial charge in [-0.25, -0.2) is 0 Å². The van der Waals surface area contributed by atoms with E-state index in [1.807, 2.05) is 26.9 Å². The maximum absolute atomic E-state index is 5.98. The fourth-order valence-electron chi connectivity index (χ4n) is 1.46. The fraction of sp³-hybridized carbons (Fsp3) is 0.714. The average molecular weight is 252 g/mol. The third-order valence-corrected chi connectivity index (χ3v) is 3.91. The quantitative estimate of drug-likeness (QED) is 0.533. The van der Waals surface area contributed by atoms with Gasteiger partial charge >= 0.3 is 8.56 Å². The summed E-state index contributed by atoms with van der Waals surface area (Å²) in [7, 11) is -2.15. The average Bonchev–Trinajstić information content (AvgIpc) is 2.27.